The van der Waals surface area contributed by atoms with Gasteiger partial charge in [-0.15, -0.1) is 16.4 Å². The van der Waals surface area contributed by atoms with Crippen LogP contribution >= 0.6 is 11.3 Å². The second kappa shape index (κ2) is 4.79. The first-order valence-corrected chi connectivity index (χ1v) is 7.35. The fourth-order valence-corrected chi connectivity index (χ4v) is 3.04. The number of halogens is 1. The number of benzene rings is 2. The fraction of sp³-hybridized carbons (Fsp3) is 0. The summed E-state index contributed by atoms with van der Waals surface area (Å²) in [6.07, 6.45) is 0. The zero-order valence-corrected chi connectivity index (χ0v) is 11.7. The van der Waals surface area contributed by atoms with Crippen molar-refractivity contribution in [2.75, 3.05) is 0 Å². The molecule has 0 saturated carbocycles. The Morgan fingerprint density at radius 1 is 0.905 bits per heavy atom. The van der Waals surface area contributed by atoms with Gasteiger partial charge in [0.25, 0.3) is 0 Å². The third-order valence-electron chi connectivity index (χ3n) is 3.25. The summed E-state index contributed by atoms with van der Waals surface area (Å²) in [5.74, 6) is 0.351. The Hall–Kier alpha value is -2.53. The summed E-state index contributed by atoms with van der Waals surface area (Å²) in [5.41, 5.74) is 2.92. The normalized spacial score (nSPS) is 11.1. The molecular weight excluding hydrogens is 285 g/mol. The molecule has 0 spiro atoms. The summed E-state index contributed by atoms with van der Waals surface area (Å²) in [6.45, 7) is 0. The van der Waals surface area contributed by atoms with E-state index in [1.807, 2.05) is 40.2 Å². The number of hydrogen-bond donors (Lipinski definition) is 0. The second-order valence-corrected chi connectivity index (χ2v) is 5.46. The minimum atomic E-state index is -0.259. The highest BCUT2D eigenvalue weighted by molar-refractivity contribution is 7.15. The number of aromatic nitrogens is 3. The van der Waals surface area contributed by atoms with Crippen LogP contribution in [-0.4, -0.2) is 14.6 Å². The van der Waals surface area contributed by atoms with Gasteiger partial charge in [-0.3, -0.25) is 0 Å². The molecule has 0 N–H and O–H groups in total. The Balaban J connectivity index is 1.84. The van der Waals surface area contributed by atoms with E-state index in [1.54, 1.807) is 23.5 Å². The Kier molecular flexibility index (Phi) is 2.79. The van der Waals surface area contributed by atoms with Crippen LogP contribution in [0.1, 0.15) is 0 Å². The lowest BCUT2D eigenvalue weighted by Gasteiger charge is -1.97. The number of fused-ring (bicyclic) bond motifs is 1. The van der Waals surface area contributed by atoms with Crippen molar-refractivity contribution >= 4 is 16.3 Å². The number of thiazole rings is 1. The van der Waals surface area contributed by atoms with Crippen molar-refractivity contribution in [3.63, 3.8) is 0 Å². The van der Waals surface area contributed by atoms with E-state index in [2.05, 4.69) is 10.1 Å². The molecule has 0 aliphatic heterocycles. The van der Waals surface area contributed by atoms with Gasteiger partial charge in [0.15, 0.2) is 5.82 Å². The van der Waals surface area contributed by atoms with Crippen LogP contribution in [-0.2, 0) is 0 Å². The van der Waals surface area contributed by atoms with Gasteiger partial charge in [-0.1, -0.05) is 30.3 Å². The van der Waals surface area contributed by atoms with Crippen molar-refractivity contribution in [1.82, 2.24) is 14.6 Å². The zero-order valence-electron chi connectivity index (χ0n) is 10.9. The third-order valence-corrected chi connectivity index (χ3v) is 4.07. The van der Waals surface area contributed by atoms with E-state index < -0.39 is 0 Å². The first-order valence-electron chi connectivity index (χ1n) is 6.47. The molecule has 0 saturated heterocycles. The van der Waals surface area contributed by atoms with E-state index in [9.17, 15) is 4.39 Å². The van der Waals surface area contributed by atoms with E-state index in [0.717, 1.165) is 21.8 Å². The van der Waals surface area contributed by atoms with Crippen LogP contribution in [0.4, 0.5) is 4.39 Å². The van der Waals surface area contributed by atoms with Gasteiger partial charge in [-0.05, 0) is 24.3 Å². The average molecular weight is 295 g/mol. The van der Waals surface area contributed by atoms with Crippen LogP contribution in [0.3, 0.4) is 0 Å². The summed E-state index contributed by atoms with van der Waals surface area (Å²) in [7, 11) is 0. The van der Waals surface area contributed by atoms with Crippen LogP contribution < -0.4 is 0 Å². The molecule has 0 radical (unpaired) electrons. The van der Waals surface area contributed by atoms with Crippen molar-refractivity contribution < 1.29 is 4.39 Å². The van der Waals surface area contributed by atoms with Crippen molar-refractivity contribution in [3.05, 3.63) is 65.8 Å². The van der Waals surface area contributed by atoms with Crippen molar-refractivity contribution in [2.24, 2.45) is 0 Å². The van der Waals surface area contributed by atoms with Gasteiger partial charge in [0, 0.05) is 16.5 Å². The molecule has 3 nitrogen and oxygen atoms in total. The average Bonchev–Trinajstić information content (AvgIpc) is 3.09. The van der Waals surface area contributed by atoms with Crippen LogP contribution in [0.2, 0.25) is 0 Å². The lowest BCUT2D eigenvalue weighted by atomic mass is 10.2. The van der Waals surface area contributed by atoms with Crippen molar-refractivity contribution in [3.8, 4) is 22.6 Å². The second-order valence-electron chi connectivity index (χ2n) is 4.62. The topological polar surface area (TPSA) is 30.2 Å². The van der Waals surface area contributed by atoms with Gasteiger partial charge >= 0.3 is 0 Å². The quantitative estimate of drug-likeness (QED) is 0.553. The predicted octanol–water partition coefficient (Wildman–Crippen LogP) is 4.26. The molecule has 0 aliphatic rings. The molecule has 2 aromatic heterocycles. The molecule has 0 fully saturated rings. The van der Waals surface area contributed by atoms with Crippen LogP contribution in [0, 0.1) is 5.82 Å². The van der Waals surface area contributed by atoms with E-state index in [0.29, 0.717) is 5.82 Å². The maximum atomic E-state index is 13.0. The molecule has 0 aliphatic carbocycles. The molecule has 102 valence electrons. The maximum absolute atomic E-state index is 13.0. The first kappa shape index (κ1) is 12.2. The highest BCUT2D eigenvalue weighted by atomic mass is 32.1. The molecule has 4 aromatic rings. The number of rotatable bonds is 2. The summed E-state index contributed by atoms with van der Waals surface area (Å²) >= 11 is 1.54. The van der Waals surface area contributed by atoms with Crippen LogP contribution in [0.15, 0.2) is 60.0 Å². The summed E-state index contributed by atoms with van der Waals surface area (Å²) in [5, 5.41) is 6.58. The Morgan fingerprint density at radius 3 is 2.43 bits per heavy atom. The van der Waals surface area contributed by atoms with Crippen LogP contribution in [0.5, 0.6) is 0 Å². The van der Waals surface area contributed by atoms with Crippen molar-refractivity contribution in [1.29, 1.82) is 0 Å². The summed E-state index contributed by atoms with van der Waals surface area (Å²) in [4.78, 5) is 5.33. The van der Waals surface area contributed by atoms with Gasteiger partial charge in [-0.2, -0.15) is 4.98 Å². The van der Waals surface area contributed by atoms with Crippen LogP contribution in [0.25, 0.3) is 27.6 Å². The van der Waals surface area contributed by atoms with Crippen molar-refractivity contribution in [2.45, 2.75) is 0 Å². The Bertz CT molecular complexity index is 894. The van der Waals surface area contributed by atoms with Gasteiger partial charge in [0.1, 0.15) is 5.82 Å². The van der Waals surface area contributed by atoms with Gasteiger partial charge in [-0.25, -0.2) is 8.91 Å². The first-order chi connectivity index (χ1) is 10.3. The monoisotopic (exact) mass is 295 g/mol. The third kappa shape index (κ3) is 2.11. The van der Waals surface area contributed by atoms with E-state index in [-0.39, 0.29) is 5.82 Å². The molecule has 0 bridgehead atoms. The Labute approximate surface area is 124 Å². The molecule has 5 heteroatoms. The van der Waals surface area contributed by atoms with Gasteiger partial charge in [0.05, 0.1) is 5.69 Å². The molecule has 0 amide bonds. The van der Waals surface area contributed by atoms with E-state index >= 15 is 0 Å². The minimum absolute atomic E-state index is 0.259. The Morgan fingerprint density at radius 2 is 1.67 bits per heavy atom. The molecule has 0 atom stereocenters. The molecule has 4 rings (SSSR count). The summed E-state index contributed by atoms with van der Waals surface area (Å²) < 4.78 is 14.8. The van der Waals surface area contributed by atoms with Gasteiger partial charge < -0.3 is 0 Å². The summed E-state index contributed by atoms with van der Waals surface area (Å²) in [6, 6.07) is 16.3. The van der Waals surface area contributed by atoms with Gasteiger partial charge in [0.2, 0.25) is 4.96 Å². The molecule has 2 aromatic carbocycles. The highest BCUT2D eigenvalue weighted by Gasteiger charge is 2.12. The number of hydrogen-bond acceptors (Lipinski definition) is 3. The largest absolute Gasteiger partial charge is 0.213 e. The maximum Gasteiger partial charge on any atom is 0.213 e. The lowest BCUT2D eigenvalue weighted by molar-refractivity contribution is 0.628. The molecule has 0 unspecified atom stereocenters. The predicted molar refractivity (Wildman–Crippen MR) is 81.7 cm³/mol. The van der Waals surface area contributed by atoms with E-state index in [4.69, 9.17) is 0 Å². The number of nitrogens with zero attached hydrogens (tertiary/aromatic N) is 3. The van der Waals surface area contributed by atoms with E-state index in [1.165, 1.54) is 12.1 Å². The highest BCUT2D eigenvalue weighted by Crippen LogP contribution is 2.27. The lowest BCUT2D eigenvalue weighted by Crippen LogP contribution is -1.89. The SMILES string of the molecule is Fc1ccc(-c2nc3scc(-c4ccccc4)n3n2)cc1. The zero-order chi connectivity index (χ0) is 14.2. The fourth-order valence-electron chi connectivity index (χ4n) is 2.21. The molecule has 21 heavy (non-hydrogen) atoms. The minimum Gasteiger partial charge on any atom is -0.207 e. The standard InChI is InChI=1S/C16H10FN3S/c17-13-8-6-12(7-9-13)15-18-16-20(19-15)14(10-21-16)11-4-2-1-3-5-11/h1-10H. The smallest absolute Gasteiger partial charge is 0.207 e. The molecular formula is C16H10FN3S. The molecule has 2 heterocycles.